The summed E-state index contributed by atoms with van der Waals surface area (Å²) < 4.78 is 70.0. The lowest BCUT2D eigenvalue weighted by Gasteiger charge is -1.99. The van der Waals surface area contributed by atoms with Crippen LogP contribution in [-0.4, -0.2) is 18.1 Å². The number of benzene rings is 1. The van der Waals surface area contributed by atoms with Gasteiger partial charge in [0.1, 0.15) is 5.75 Å². The van der Waals surface area contributed by atoms with E-state index in [1.165, 1.54) is 0 Å². The van der Waals surface area contributed by atoms with E-state index < -0.39 is 54.9 Å². The second kappa shape index (κ2) is 3.76. The Morgan fingerprint density at radius 1 is 1.75 bits per heavy atom. The van der Waals surface area contributed by atoms with Gasteiger partial charge in [-0.05, 0) is 17.6 Å². The van der Waals surface area contributed by atoms with Crippen LogP contribution in [0, 0.1) is 0 Å². The number of aliphatic carboxylic acids is 1. The van der Waals surface area contributed by atoms with Crippen LogP contribution in [0.15, 0.2) is 24.2 Å². The molecule has 3 heteroatoms. The second-order valence-corrected chi connectivity index (χ2v) is 1.74. The number of ether oxygens (including phenoxy) is 1. The van der Waals surface area contributed by atoms with Crippen molar-refractivity contribution in [2.45, 2.75) is 6.37 Å². The SMILES string of the molecule is [2H]c1c([2H])c(C([2H])([2H])C(=O)O)c([2H])c([2H])c1OC([2H])([2H])[2H]. The van der Waals surface area contributed by atoms with Gasteiger partial charge in [0, 0.05) is 2.74 Å². The molecule has 0 bridgehead atoms. The van der Waals surface area contributed by atoms with Crippen molar-refractivity contribution in [2.75, 3.05) is 7.04 Å². The maximum absolute atomic E-state index is 10.9. The summed E-state index contributed by atoms with van der Waals surface area (Å²) in [4.78, 5) is 10.9. The van der Waals surface area contributed by atoms with Gasteiger partial charge >= 0.3 is 5.97 Å². The molecular formula is C9H10O3. The van der Waals surface area contributed by atoms with Crippen molar-refractivity contribution in [2.24, 2.45) is 0 Å². The minimum atomic E-state index is -3.17. The highest BCUT2D eigenvalue weighted by Gasteiger charge is 1.99. The minimum absolute atomic E-state index is 0.894. The van der Waals surface area contributed by atoms with Gasteiger partial charge in [0.05, 0.1) is 23.0 Å². The number of methoxy groups -OCH3 is 1. The van der Waals surface area contributed by atoms with E-state index in [9.17, 15) is 4.79 Å². The number of carbonyl (C=O) groups is 1. The summed E-state index contributed by atoms with van der Waals surface area (Å²) in [5.74, 6) is -2.89. The molecule has 0 saturated heterocycles. The molecule has 0 saturated carbocycles. The van der Waals surface area contributed by atoms with Gasteiger partial charge in [0.2, 0.25) is 0 Å². The van der Waals surface area contributed by atoms with Crippen molar-refractivity contribution in [3.63, 3.8) is 0 Å². The molecule has 0 heterocycles. The average Bonchev–Trinajstić information content (AvgIpc) is 2.30. The maximum atomic E-state index is 10.9. The van der Waals surface area contributed by atoms with Crippen LogP contribution in [0.5, 0.6) is 5.75 Å². The van der Waals surface area contributed by atoms with Gasteiger partial charge in [-0.25, -0.2) is 0 Å². The van der Waals surface area contributed by atoms with Crippen molar-refractivity contribution < 1.29 is 27.0 Å². The van der Waals surface area contributed by atoms with E-state index in [-0.39, 0.29) is 0 Å². The molecule has 0 aliphatic heterocycles. The molecule has 1 rings (SSSR count). The molecule has 0 unspecified atom stereocenters. The van der Waals surface area contributed by atoms with Crippen LogP contribution in [0.2, 0.25) is 0 Å². The predicted octanol–water partition coefficient (Wildman–Crippen LogP) is 1.32. The Labute approximate surface area is 83.2 Å². The number of carboxylic acid groups (broad SMARTS) is 1. The Bertz CT molecular complexity index is 564. The molecule has 0 fully saturated rings. The van der Waals surface area contributed by atoms with Crippen LogP contribution in [0.3, 0.4) is 0 Å². The highest BCUT2D eigenvalue weighted by Crippen LogP contribution is 2.11. The van der Waals surface area contributed by atoms with E-state index >= 15 is 0 Å². The first-order chi connectivity index (χ1) is 9.30. The second-order valence-electron chi connectivity index (χ2n) is 1.74. The molecule has 1 aromatic carbocycles. The molecule has 3 nitrogen and oxygen atoms in total. The zero-order chi connectivity index (χ0) is 16.7. The predicted molar refractivity (Wildman–Crippen MR) is 44.3 cm³/mol. The molecule has 0 spiro atoms. The molecule has 1 aromatic rings. The van der Waals surface area contributed by atoms with Gasteiger partial charge in [-0.1, -0.05) is 12.1 Å². The summed E-state index contributed by atoms with van der Waals surface area (Å²) in [6.45, 7) is 0. The van der Waals surface area contributed by atoms with E-state index in [2.05, 4.69) is 4.74 Å². The Morgan fingerprint density at radius 3 is 2.92 bits per heavy atom. The first-order valence-electron chi connectivity index (χ1n) is 7.34. The van der Waals surface area contributed by atoms with E-state index in [4.69, 9.17) is 17.4 Å². The number of hydrogen-bond acceptors (Lipinski definition) is 2. The first-order valence-corrected chi connectivity index (χ1v) is 2.84. The molecule has 0 radical (unpaired) electrons. The summed E-state index contributed by atoms with van der Waals surface area (Å²) in [5.41, 5.74) is -0.997. The molecule has 0 aromatic heterocycles. The van der Waals surface area contributed by atoms with Gasteiger partial charge in [-0.15, -0.1) is 0 Å². The molecule has 0 aliphatic carbocycles. The lowest BCUT2D eigenvalue weighted by Crippen LogP contribution is -1.99. The smallest absolute Gasteiger partial charge is 0.307 e. The van der Waals surface area contributed by atoms with Gasteiger partial charge in [0.25, 0.3) is 0 Å². The number of rotatable bonds is 3. The van der Waals surface area contributed by atoms with Crippen molar-refractivity contribution in [1.29, 1.82) is 0 Å². The van der Waals surface area contributed by atoms with E-state index in [0.717, 1.165) is 0 Å². The van der Waals surface area contributed by atoms with Crippen LogP contribution >= 0.6 is 0 Å². The van der Waals surface area contributed by atoms with Crippen LogP contribution in [0.25, 0.3) is 0 Å². The first kappa shape index (κ1) is 2.49. The fraction of sp³-hybridized carbons (Fsp3) is 0.222. The average molecular weight is 175 g/mol. The van der Waals surface area contributed by atoms with Crippen molar-refractivity contribution in [3.8, 4) is 5.75 Å². The van der Waals surface area contributed by atoms with Crippen molar-refractivity contribution in [3.05, 3.63) is 29.7 Å². The summed E-state index contributed by atoms with van der Waals surface area (Å²) in [6, 6.07) is -3.95. The number of carboxylic acids is 1. The highest BCUT2D eigenvalue weighted by atomic mass is 16.5. The molecule has 0 amide bonds. The van der Waals surface area contributed by atoms with Crippen LogP contribution in [0.1, 0.15) is 17.9 Å². The minimum Gasteiger partial charge on any atom is -0.497 e. The lowest BCUT2D eigenvalue weighted by molar-refractivity contribution is -0.136. The third kappa shape index (κ3) is 2.27. The topological polar surface area (TPSA) is 46.5 Å². The van der Waals surface area contributed by atoms with Crippen molar-refractivity contribution >= 4 is 5.97 Å². The molecular weight excluding hydrogens is 156 g/mol. The zero-order valence-corrected chi connectivity index (χ0v) is 5.76. The lowest BCUT2D eigenvalue weighted by atomic mass is 10.1. The Kier molecular flexibility index (Phi) is 0.779. The molecule has 0 atom stereocenters. The van der Waals surface area contributed by atoms with Gasteiger partial charge in [-0.3, -0.25) is 4.79 Å². The van der Waals surface area contributed by atoms with E-state index in [1.807, 2.05) is 0 Å². The fourth-order valence-electron chi connectivity index (χ4n) is 0.521. The third-order valence-corrected chi connectivity index (χ3v) is 0.936. The number of hydrogen-bond donors (Lipinski definition) is 1. The van der Waals surface area contributed by atoms with Crippen molar-refractivity contribution in [1.82, 2.24) is 0 Å². The summed E-state index contributed by atoms with van der Waals surface area (Å²) in [5, 5.41) is 8.80. The van der Waals surface area contributed by atoms with Crippen LogP contribution in [0.4, 0.5) is 0 Å². The molecule has 0 aliphatic rings. The molecule has 1 N–H and O–H groups in total. The van der Waals surface area contributed by atoms with Gasteiger partial charge in [-0.2, -0.15) is 0 Å². The van der Waals surface area contributed by atoms with Gasteiger partial charge in [0.15, 0.2) is 0 Å². The molecule has 12 heavy (non-hydrogen) atoms. The maximum Gasteiger partial charge on any atom is 0.307 e. The monoisotopic (exact) mass is 175 g/mol. The van der Waals surface area contributed by atoms with Crippen LogP contribution < -0.4 is 4.74 Å². The Hall–Kier alpha value is -1.51. The third-order valence-electron chi connectivity index (χ3n) is 0.936. The summed E-state index contributed by atoms with van der Waals surface area (Å²) in [6.07, 6.45) is -3.17. The zero-order valence-electron chi connectivity index (χ0n) is 14.8. The Balaban J connectivity index is 3.66. The van der Waals surface area contributed by atoms with E-state index in [1.54, 1.807) is 0 Å². The molecule has 64 valence electrons. The Morgan fingerprint density at radius 2 is 2.42 bits per heavy atom. The fourth-order valence-corrected chi connectivity index (χ4v) is 0.521. The summed E-state index contributed by atoms with van der Waals surface area (Å²) in [7, 11) is -3.03. The van der Waals surface area contributed by atoms with Crippen LogP contribution in [-0.2, 0) is 11.2 Å². The summed E-state index contributed by atoms with van der Waals surface area (Å²) >= 11 is 0. The standard InChI is InChI=1S/C9H10O3/c1-12-8-4-2-7(3-5-8)6-9(10)11/h2-5H,6H2,1H3,(H,10,11)/i1D3,2D,3D,4D,5D,6D2. The largest absolute Gasteiger partial charge is 0.497 e. The quantitative estimate of drug-likeness (QED) is 0.753. The highest BCUT2D eigenvalue weighted by molar-refractivity contribution is 5.70. The van der Waals surface area contributed by atoms with E-state index in [0.29, 0.717) is 0 Å². The van der Waals surface area contributed by atoms with Gasteiger partial charge < -0.3 is 9.84 Å². The normalized spacial score (nSPS) is 22.5.